The smallest absolute Gasteiger partial charge is 0.408 e. The van der Waals surface area contributed by atoms with Gasteiger partial charge < -0.3 is 20.5 Å². The Balaban J connectivity index is 0. The van der Waals surface area contributed by atoms with Crippen molar-refractivity contribution < 1.29 is 19.1 Å². The normalized spacial score (nSPS) is 14.5. The van der Waals surface area contributed by atoms with Crippen molar-refractivity contribution in [3.63, 3.8) is 0 Å². The molecule has 2 atom stereocenters. The van der Waals surface area contributed by atoms with Gasteiger partial charge in [0.15, 0.2) is 0 Å². The first-order valence-electron chi connectivity index (χ1n) is 6.78. The van der Waals surface area contributed by atoms with Crippen LogP contribution in [0.1, 0.15) is 54.9 Å². The number of alkyl carbamates (subject to hydrolysis) is 1. The van der Waals surface area contributed by atoms with E-state index in [1.807, 2.05) is 0 Å². The molecule has 0 aromatic carbocycles. The van der Waals surface area contributed by atoms with E-state index in [0.29, 0.717) is 0 Å². The number of rotatable bonds is 4. The summed E-state index contributed by atoms with van der Waals surface area (Å²) in [6.45, 7) is 12.3. The maximum absolute atomic E-state index is 12.0. The largest absolute Gasteiger partial charge is 0.458 e. The molecule has 7 heteroatoms. The molecule has 0 radical (unpaired) electrons. The third kappa shape index (κ3) is 12.4. The molecule has 0 saturated carbocycles. The lowest BCUT2D eigenvalue weighted by atomic mass is 10.1. The summed E-state index contributed by atoms with van der Waals surface area (Å²) in [5, 5.41) is 2.51. The van der Waals surface area contributed by atoms with Gasteiger partial charge in [-0.2, -0.15) is 0 Å². The zero-order valence-corrected chi connectivity index (χ0v) is 14.8. The maximum atomic E-state index is 12.0. The van der Waals surface area contributed by atoms with E-state index in [2.05, 4.69) is 5.32 Å². The lowest BCUT2D eigenvalue weighted by Gasteiger charge is -2.26. The van der Waals surface area contributed by atoms with Crippen molar-refractivity contribution in [2.75, 3.05) is 0 Å². The highest BCUT2D eigenvalue weighted by atomic mass is 35.5. The van der Waals surface area contributed by atoms with Crippen molar-refractivity contribution in [1.29, 1.82) is 0 Å². The zero-order chi connectivity index (χ0) is 16.1. The molecule has 0 rings (SSSR count). The third-order valence-corrected chi connectivity index (χ3v) is 1.99. The standard InChI is InChI=1S/C14H28N2O4.ClH/c1-9(15)8-10(11(17)19-13(2,3)4)16-12(18)20-14(5,6)7;/h9-10H,8,15H2,1-7H3,(H,16,18);1H/t9?,10-;/m0./s1. The molecule has 126 valence electrons. The predicted molar refractivity (Wildman–Crippen MR) is 84.5 cm³/mol. The van der Waals surface area contributed by atoms with Gasteiger partial charge in [-0.3, -0.25) is 0 Å². The Morgan fingerprint density at radius 1 is 1.05 bits per heavy atom. The molecule has 0 aromatic heterocycles. The van der Waals surface area contributed by atoms with Gasteiger partial charge in [-0.25, -0.2) is 9.59 Å². The molecule has 0 heterocycles. The molecule has 0 fully saturated rings. The molecule has 21 heavy (non-hydrogen) atoms. The summed E-state index contributed by atoms with van der Waals surface area (Å²) in [6, 6.07) is -1.06. The monoisotopic (exact) mass is 324 g/mol. The number of hydrogen-bond acceptors (Lipinski definition) is 5. The summed E-state index contributed by atoms with van der Waals surface area (Å²) in [6.07, 6.45) is -0.372. The predicted octanol–water partition coefficient (Wildman–Crippen LogP) is 2.38. The quantitative estimate of drug-likeness (QED) is 0.775. The topological polar surface area (TPSA) is 90.6 Å². The minimum Gasteiger partial charge on any atom is -0.458 e. The summed E-state index contributed by atoms with van der Waals surface area (Å²) >= 11 is 0. The van der Waals surface area contributed by atoms with Crippen molar-refractivity contribution in [3.8, 4) is 0 Å². The summed E-state index contributed by atoms with van der Waals surface area (Å²) in [5.41, 5.74) is 4.45. The Kier molecular flexibility index (Phi) is 8.95. The number of carbonyl (C=O) groups excluding carboxylic acids is 2. The van der Waals surface area contributed by atoms with E-state index in [4.69, 9.17) is 15.2 Å². The van der Waals surface area contributed by atoms with Crippen LogP contribution in [0.15, 0.2) is 0 Å². The Morgan fingerprint density at radius 3 is 1.81 bits per heavy atom. The molecule has 0 aliphatic carbocycles. The molecule has 0 aliphatic rings. The fourth-order valence-corrected chi connectivity index (χ4v) is 1.41. The van der Waals surface area contributed by atoms with E-state index < -0.39 is 29.3 Å². The first-order valence-corrected chi connectivity index (χ1v) is 6.78. The van der Waals surface area contributed by atoms with Gasteiger partial charge in [0.05, 0.1) is 0 Å². The maximum Gasteiger partial charge on any atom is 0.408 e. The zero-order valence-electron chi connectivity index (χ0n) is 14.0. The number of ether oxygens (including phenoxy) is 2. The number of hydrogen-bond donors (Lipinski definition) is 2. The molecule has 1 amide bonds. The summed E-state index contributed by atoms with van der Waals surface area (Å²) in [5.74, 6) is -0.513. The van der Waals surface area contributed by atoms with Crippen LogP contribution in [-0.4, -0.2) is 35.3 Å². The SMILES string of the molecule is CC(N)C[C@H](NC(=O)OC(C)(C)C)C(=O)OC(C)(C)C.Cl. The summed E-state index contributed by atoms with van der Waals surface area (Å²) in [7, 11) is 0. The number of amides is 1. The van der Waals surface area contributed by atoms with Crippen molar-refractivity contribution in [2.45, 2.75) is 78.2 Å². The van der Waals surface area contributed by atoms with Gasteiger partial charge in [0.1, 0.15) is 17.2 Å². The van der Waals surface area contributed by atoms with Crippen LogP contribution < -0.4 is 11.1 Å². The van der Waals surface area contributed by atoms with Crippen molar-refractivity contribution in [3.05, 3.63) is 0 Å². The second-order valence-electron chi connectivity index (χ2n) is 6.95. The highest BCUT2D eigenvalue weighted by molar-refractivity contribution is 5.85. The van der Waals surface area contributed by atoms with E-state index in [1.54, 1.807) is 48.5 Å². The third-order valence-electron chi connectivity index (χ3n) is 1.99. The average molecular weight is 325 g/mol. The lowest BCUT2D eigenvalue weighted by Crippen LogP contribution is -2.48. The van der Waals surface area contributed by atoms with Crippen LogP contribution in [0.3, 0.4) is 0 Å². The first kappa shape index (κ1) is 22.3. The minimum atomic E-state index is -0.816. The van der Waals surface area contributed by atoms with Crippen molar-refractivity contribution in [1.82, 2.24) is 5.32 Å². The second kappa shape index (κ2) is 8.44. The van der Waals surface area contributed by atoms with Crippen LogP contribution in [-0.2, 0) is 14.3 Å². The molecule has 1 unspecified atom stereocenters. The van der Waals surface area contributed by atoms with Crippen LogP contribution in [0.5, 0.6) is 0 Å². The number of nitrogens with two attached hydrogens (primary N) is 1. The Morgan fingerprint density at radius 2 is 1.48 bits per heavy atom. The number of halogens is 1. The number of esters is 1. The van der Waals surface area contributed by atoms with E-state index in [1.165, 1.54) is 0 Å². The summed E-state index contributed by atoms with van der Waals surface area (Å²) in [4.78, 5) is 23.8. The van der Waals surface area contributed by atoms with E-state index in [-0.39, 0.29) is 24.9 Å². The minimum absolute atomic E-state index is 0. The molecule has 0 bridgehead atoms. The Labute approximate surface area is 133 Å². The van der Waals surface area contributed by atoms with Crippen LogP contribution in [0.25, 0.3) is 0 Å². The van der Waals surface area contributed by atoms with Crippen LogP contribution in [0, 0.1) is 0 Å². The van der Waals surface area contributed by atoms with Gasteiger partial charge >= 0.3 is 12.1 Å². The van der Waals surface area contributed by atoms with Gasteiger partial charge in [0.25, 0.3) is 0 Å². The van der Waals surface area contributed by atoms with E-state index in [9.17, 15) is 9.59 Å². The fraction of sp³-hybridized carbons (Fsp3) is 0.857. The molecule has 0 saturated heterocycles. The van der Waals surface area contributed by atoms with Crippen molar-refractivity contribution in [2.24, 2.45) is 5.73 Å². The Hall–Kier alpha value is -1.01. The lowest BCUT2D eigenvalue weighted by molar-refractivity contribution is -0.157. The molecule has 3 N–H and O–H groups in total. The molecule has 0 spiro atoms. The van der Waals surface area contributed by atoms with E-state index in [0.717, 1.165) is 0 Å². The van der Waals surface area contributed by atoms with Gasteiger partial charge in [-0.05, 0) is 54.9 Å². The highest BCUT2D eigenvalue weighted by Gasteiger charge is 2.29. The first-order chi connectivity index (χ1) is 8.80. The van der Waals surface area contributed by atoms with Gasteiger partial charge in [0, 0.05) is 6.04 Å². The molecule has 0 aliphatic heterocycles. The number of carbonyl (C=O) groups is 2. The highest BCUT2D eigenvalue weighted by Crippen LogP contribution is 2.12. The molecule has 6 nitrogen and oxygen atoms in total. The van der Waals surface area contributed by atoms with Crippen LogP contribution >= 0.6 is 12.4 Å². The van der Waals surface area contributed by atoms with Gasteiger partial charge in [-0.1, -0.05) is 0 Å². The molecular weight excluding hydrogens is 296 g/mol. The van der Waals surface area contributed by atoms with Crippen molar-refractivity contribution >= 4 is 24.5 Å². The Bertz CT molecular complexity index is 346. The van der Waals surface area contributed by atoms with Gasteiger partial charge in [-0.15, -0.1) is 12.4 Å². The fourth-order valence-electron chi connectivity index (χ4n) is 1.41. The van der Waals surface area contributed by atoms with E-state index >= 15 is 0 Å². The molecule has 0 aromatic rings. The van der Waals surface area contributed by atoms with Gasteiger partial charge in [0.2, 0.25) is 0 Å². The van der Waals surface area contributed by atoms with Crippen LogP contribution in [0.2, 0.25) is 0 Å². The summed E-state index contributed by atoms with van der Waals surface area (Å²) < 4.78 is 10.4. The van der Waals surface area contributed by atoms with Crippen LogP contribution in [0.4, 0.5) is 4.79 Å². The second-order valence-corrected chi connectivity index (χ2v) is 6.95. The average Bonchev–Trinajstić information content (AvgIpc) is 2.09. The number of nitrogens with one attached hydrogen (secondary N) is 1. The molecular formula is C14H29ClN2O4.